The van der Waals surface area contributed by atoms with Gasteiger partial charge in [-0.25, -0.2) is 17.9 Å². The van der Waals surface area contributed by atoms with Crippen LogP contribution in [0.5, 0.6) is 0 Å². The van der Waals surface area contributed by atoms with Crippen LogP contribution >= 0.6 is 0 Å². The molecule has 1 aromatic heterocycles. The molecule has 0 atom stereocenters. The Kier molecular flexibility index (Phi) is 3.66. The molecule has 2 rings (SSSR count). The number of nitrogens with zero attached hydrogens (tertiary/aromatic N) is 4. The minimum absolute atomic E-state index is 0.0923. The van der Waals surface area contributed by atoms with E-state index < -0.39 is 16.0 Å². The van der Waals surface area contributed by atoms with E-state index in [1.54, 1.807) is 0 Å². The summed E-state index contributed by atoms with van der Waals surface area (Å²) in [6.45, 7) is 0. The van der Waals surface area contributed by atoms with Gasteiger partial charge in [-0.15, -0.1) is 5.10 Å². The number of benzene rings is 1. The third-order valence-electron chi connectivity index (χ3n) is 2.31. The number of aryl methyl sites for hydroxylation is 1. The van der Waals surface area contributed by atoms with Crippen LogP contribution in [0.15, 0.2) is 24.3 Å². The van der Waals surface area contributed by atoms with Crippen LogP contribution in [0.25, 0.3) is 0 Å². The number of carboxylic acid groups (broad SMARTS) is 1. The molecule has 0 unspecified atom stereocenters. The van der Waals surface area contributed by atoms with Crippen LogP contribution in [-0.4, -0.2) is 39.7 Å². The molecule has 106 valence electrons. The summed E-state index contributed by atoms with van der Waals surface area (Å²) in [5.74, 6) is -1.50. The van der Waals surface area contributed by atoms with Crippen molar-refractivity contribution in [3.05, 3.63) is 35.4 Å². The van der Waals surface area contributed by atoms with E-state index in [9.17, 15) is 13.2 Å². The maximum Gasteiger partial charge on any atom is 0.335 e. The van der Waals surface area contributed by atoms with E-state index in [1.807, 2.05) is 0 Å². The number of aromatic carboxylic acids is 1. The minimum Gasteiger partial charge on any atom is -0.478 e. The van der Waals surface area contributed by atoms with Gasteiger partial charge in [-0.3, -0.25) is 0 Å². The lowest BCUT2D eigenvalue weighted by atomic mass is 10.1. The largest absolute Gasteiger partial charge is 0.478 e. The quantitative estimate of drug-likeness (QED) is 0.785. The second kappa shape index (κ2) is 5.25. The summed E-state index contributed by atoms with van der Waals surface area (Å²) in [5, 5.41) is 19.5. The molecule has 0 aliphatic carbocycles. The number of nitrogens with one attached hydrogen (secondary N) is 1. The number of carboxylic acids is 1. The zero-order valence-electron chi connectivity index (χ0n) is 10.4. The molecular weight excluding hydrogens is 286 g/mol. The second-order valence-electron chi connectivity index (χ2n) is 3.97. The predicted octanol–water partition coefficient (Wildman–Crippen LogP) is -0.150. The van der Waals surface area contributed by atoms with E-state index in [0.29, 0.717) is 5.56 Å². The Hall–Kier alpha value is -2.49. The van der Waals surface area contributed by atoms with Crippen LogP contribution in [0.2, 0.25) is 0 Å². The first-order valence-electron chi connectivity index (χ1n) is 5.42. The molecule has 0 bridgehead atoms. The first kappa shape index (κ1) is 13.9. The highest BCUT2D eigenvalue weighted by Crippen LogP contribution is 2.10. The summed E-state index contributed by atoms with van der Waals surface area (Å²) >= 11 is 0. The topological polar surface area (TPSA) is 127 Å². The number of hydrogen-bond donors (Lipinski definition) is 2. The lowest BCUT2D eigenvalue weighted by Gasteiger charge is -2.04. The summed E-state index contributed by atoms with van der Waals surface area (Å²) in [6, 6.07) is 5.56. The van der Waals surface area contributed by atoms with Gasteiger partial charge >= 0.3 is 5.97 Å². The van der Waals surface area contributed by atoms with Crippen molar-refractivity contribution in [1.82, 2.24) is 20.2 Å². The molecule has 0 aliphatic heterocycles. The molecule has 0 aliphatic rings. The number of rotatable bonds is 5. The zero-order valence-corrected chi connectivity index (χ0v) is 11.2. The first-order valence-corrected chi connectivity index (χ1v) is 7.08. The number of anilines is 1. The average Bonchev–Trinajstić information content (AvgIpc) is 2.73. The molecule has 2 aromatic rings. The van der Waals surface area contributed by atoms with E-state index >= 15 is 0 Å². The zero-order chi connectivity index (χ0) is 14.8. The highest BCUT2D eigenvalue weighted by molar-refractivity contribution is 7.91. The Morgan fingerprint density at radius 3 is 2.50 bits per heavy atom. The van der Waals surface area contributed by atoms with Gasteiger partial charge in [0, 0.05) is 0 Å². The third kappa shape index (κ3) is 3.51. The molecule has 2 N–H and O–H groups in total. The molecule has 0 radical (unpaired) electrons. The normalized spacial score (nSPS) is 11.2. The van der Waals surface area contributed by atoms with E-state index in [1.165, 1.54) is 31.3 Å². The van der Waals surface area contributed by atoms with Crippen molar-refractivity contribution in [2.24, 2.45) is 7.05 Å². The molecule has 0 saturated heterocycles. The van der Waals surface area contributed by atoms with Crippen LogP contribution in [0.4, 0.5) is 5.95 Å². The van der Waals surface area contributed by atoms with Gasteiger partial charge in [0.2, 0.25) is 10.0 Å². The van der Waals surface area contributed by atoms with Gasteiger partial charge in [0.15, 0.2) is 0 Å². The van der Waals surface area contributed by atoms with Gasteiger partial charge < -0.3 is 5.11 Å². The summed E-state index contributed by atoms with van der Waals surface area (Å²) < 4.78 is 25.9. The van der Waals surface area contributed by atoms with Gasteiger partial charge in [-0.05, 0) is 22.9 Å². The van der Waals surface area contributed by atoms with Crippen molar-refractivity contribution in [1.29, 1.82) is 0 Å². The van der Waals surface area contributed by atoms with Gasteiger partial charge in [0.1, 0.15) is 0 Å². The maximum atomic E-state index is 11.9. The number of hydrogen-bond acceptors (Lipinski definition) is 6. The monoisotopic (exact) mass is 297 g/mol. The molecule has 0 amide bonds. The summed E-state index contributed by atoms with van der Waals surface area (Å²) in [7, 11) is -2.17. The number of tetrazole rings is 1. The van der Waals surface area contributed by atoms with Crippen LogP contribution in [0.3, 0.4) is 0 Å². The lowest BCUT2D eigenvalue weighted by Crippen LogP contribution is -2.16. The third-order valence-corrected chi connectivity index (χ3v) is 3.52. The SMILES string of the molecule is Cn1nnc(NS(=O)(=O)Cc2ccc(C(=O)O)cc2)n1. The molecule has 10 heteroatoms. The molecule has 0 spiro atoms. The van der Waals surface area contributed by atoms with E-state index in [2.05, 4.69) is 20.1 Å². The summed E-state index contributed by atoms with van der Waals surface area (Å²) in [5.41, 5.74) is 0.543. The van der Waals surface area contributed by atoms with E-state index in [0.717, 1.165) is 4.80 Å². The number of aromatic nitrogens is 4. The Morgan fingerprint density at radius 2 is 2.00 bits per heavy atom. The molecule has 9 nitrogen and oxygen atoms in total. The van der Waals surface area contributed by atoms with Crippen LogP contribution in [0, 0.1) is 0 Å². The molecular formula is C10H11N5O4S. The molecule has 0 fully saturated rings. The van der Waals surface area contributed by atoms with Crippen molar-refractivity contribution in [2.45, 2.75) is 5.75 Å². The molecule has 0 saturated carbocycles. The molecule has 1 aromatic carbocycles. The van der Waals surface area contributed by atoms with Crippen LogP contribution < -0.4 is 4.72 Å². The van der Waals surface area contributed by atoms with Crippen molar-refractivity contribution < 1.29 is 18.3 Å². The van der Waals surface area contributed by atoms with Crippen molar-refractivity contribution >= 4 is 21.9 Å². The van der Waals surface area contributed by atoms with Gasteiger partial charge in [-0.1, -0.05) is 17.2 Å². The number of carbonyl (C=O) groups is 1. The minimum atomic E-state index is -3.68. The molecule has 1 heterocycles. The Bertz CT molecular complexity index is 722. The Labute approximate surface area is 114 Å². The van der Waals surface area contributed by atoms with Crippen molar-refractivity contribution in [2.75, 3.05) is 4.72 Å². The first-order chi connectivity index (χ1) is 9.35. The van der Waals surface area contributed by atoms with Crippen LogP contribution in [0.1, 0.15) is 15.9 Å². The van der Waals surface area contributed by atoms with Crippen molar-refractivity contribution in [3.63, 3.8) is 0 Å². The fourth-order valence-electron chi connectivity index (χ4n) is 1.46. The van der Waals surface area contributed by atoms with E-state index in [4.69, 9.17) is 5.11 Å². The Balaban J connectivity index is 2.09. The lowest BCUT2D eigenvalue weighted by molar-refractivity contribution is 0.0697. The molecule has 20 heavy (non-hydrogen) atoms. The van der Waals surface area contributed by atoms with Gasteiger partial charge in [-0.2, -0.15) is 4.80 Å². The highest BCUT2D eigenvalue weighted by Gasteiger charge is 2.15. The van der Waals surface area contributed by atoms with Gasteiger partial charge in [0.05, 0.1) is 18.4 Å². The smallest absolute Gasteiger partial charge is 0.335 e. The second-order valence-corrected chi connectivity index (χ2v) is 5.69. The maximum absolute atomic E-state index is 11.9. The van der Waals surface area contributed by atoms with Gasteiger partial charge in [0.25, 0.3) is 5.95 Å². The number of sulfonamides is 1. The highest BCUT2D eigenvalue weighted by atomic mass is 32.2. The summed E-state index contributed by atoms with van der Waals surface area (Å²) in [4.78, 5) is 11.8. The predicted molar refractivity (Wildman–Crippen MR) is 68.4 cm³/mol. The summed E-state index contributed by atoms with van der Waals surface area (Å²) in [6.07, 6.45) is 0. The average molecular weight is 297 g/mol. The van der Waals surface area contributed by atoms with Crippen molar-refractivity contribution in [3.8, 4) is 0 Å². The fourth-order valence-corrected chi connectivity index (χ4v) is 2.53. The van der Waals surface area contributed by atoms with E-state index in [-0.39, 0.29) is 17.3 Å². The standard InChI is InChI=1S/C10H11N5O4S/c1-15-12-10(11-14-15)13-20(18,19)6-7-2-4-8(5-3-7)9(16)17/h2-5H,6H2,1H3,(H,12,13)(H,16,17). The Morgan fingerprint density at radius 1 is 1.35 bits per heavy atom. The van der Waals surface area contributed by atoms with Crippen LogP contribution in [-0.2, 0) is 22.8 Å². The fraction of sp³-hybridized carbons (Fsp3) is 0.200.